The maximum Gasteiger partial charge on any atom is 0.490 e. The molecule has 170 valence electrons. The molecule has 1 aromatic rings. The van der Waals surface area contributed by atoms with Crippen molar-refractivity contribution < 1.29 is 37.3 Å². The number of thiophene rings is 1. The van der Waals surface area contributed by atoms with Crippen LogP contribution in [-0.4, -0.2) is 85.1 Å². The molecule has 3 rings (SSSR count). The Labute approximate surface area is 177 Å². The van der Waals surface area contributed by atoms with Crippen molar-refractivity contribution >= 4 is 23.2 Å². The van der Waals surface area contributed by atoms with Gasteiger partial charge in [-0.25, -0.2) is 4.79 Å². The number of piperidine rings is 1. The second kappa shape index (κ2) is 10.6. The average molecular weight is 452 g/mol. The lowest BCUT2D eigenvalue weighted by molar-refractivity contribution is -0.192. The van der Waals surface area contributed by atoms with Crippen molar-refractivity contribution in [1.82, 2.24) is 9.80 Å². The third kappa shape index (κ3) is 7.53. The highest BCUT2D eigenvalue weighted by atomic mass is 32.1. The van der Waals surface area contributed by atoms with Gasteiger partial charge in [-0.15, -0.1) is 11.3 Å². The number of carbonyl (C=O) groups excluding carboxylic acids is 1. The van der Waals surface area contributed by atoms with Gasteiger partial charge in [-0.3, -0.25) is 9.69 Å². The number of carboxylic acid groups (broad SMARTS) is 1. The minimum atomic E-state index is -5.08. The highest BCUT2D eigenvalue weighted by molar-refractivity contribution is 7.09. The van der Waals surface area contributed by atoms with E-state index >= 15 is 0 Å². The zero-order chi connectivity index (χ0) is 22.4. The average Bonchev–Trinajstić information content (AvgIpc) is 3.30. The Morgan fingerprint density at radius 3 is 2.70 bits per heavy atom. The predicted octanol–water partition coefficient (Wildman–Crippen LogP) is 2.61. The van der Waals surface area contributed by atoms with Gasteiger partial charge in [0.25, 0.3) is 0 Å². The van der Waals surface area contributed by atoms with Crippen molar-refractivity contribution in [3.63, 3.8) is 0 Å². The van der Waals surface area contributed by atoms with Gasteiger partial charge in [0.2, 0.25) is 5.91 Å². The van der Waals surface area contributed by atoms with Gasteiger partial charge < -0.3 is 19.5 Å². The fraction of sp³-hybridized carbons (Fsp3) is 0.684. The molecule has 0 aromatic carbocycles. The van der Waals surface area contributed by atoms with Crippen LogP contribution >= 0.6 is 11.3 Å². The Morgan fingerprint density at radius 2 is 2.13 bits per heavy atom. The predicted molar refractivity (Wildman–Crippen MR) is 104 cm³/mol. The minimum absolute atomic E-state index is 0.00826. The zero-order valence-electron chi connectivity index (χ0n) is 17.0. The van der Waals surface area contributed by atoms with E-state index in [4.69, 9.17) is 19.4 Å². The Morgan fingerprint density at radius 1 is 1.43 bits per heavy atom. The standard InChI is InChI=1S/C17H26N2O3S.C2HF3O2/c1-18(2)16(20)12-21-14-9-17(22-11-14)6-4-7-19(13-17)10-15-5-3-8-23-15;3-2(4,5)1(6)7/h3,5,8,14H,4,6-7,9-13H2,1-2H3;(H,6,7)/t14-,17+;/m1./s1. The van der Waals surface area contributed by atoms with Gasteiger partial charge in [0, 0.05) is 38.5 Å². The molecule has 2 aliphatic rings. The molecule has 0 saturated carbocycles. The molecule has 1 amide bonds. The molecule has 0 unspecified atom stereocenters. The van der Waals surface area contributed by atoms with Gasteiger partial charge in [-0.05, 0) is 30.8 Å². The molecule has 0 bridgehead atoms. The number of amides is 1. The number of ether oxygens (including phenoxy) is 2. The summed E-state index contributed by atoms with van der Waals surface area (Å²) < 4.78 is 43.6. The molecule has 2 fully saturated rings. The maximum absolute atomic E-state index is 11.7. The monoisotopic (exact) mass is 452 g/mol. The largest absolute Gasteiger partial charge is 0.490 e. The quantitative estimate of drug-likeness (QED) is 0.740. The number of aliphatic carboxylic acids is 1. The van der Waals surface area contributed by atoms with Gasteiger partial charge in [0.15, 0.2) is 0 Å². The topological polar surface area (TPSA) is 79.3 Å². The highest BCUT2D eigenvalue weighted by Crippen LogP contribution is 2.36. The number of hydrogen-bond donors (Lipinski definition) is 1. The molecule has 7 nitrogen and oxygen atoms in total. The van der Waals surface area contributed by atoms with Crippen LogP contribution in [0.5, 0.6) is 0 Å². The van der Waals surface area contributed by atoms with Crippen LogP contribution in [0, 0.1) is 0 Å². The normalized spacial score (nSPS) is 24.4. The van der Waals surface area contributed by atoms with Gasteiger partial charge >= 0.3 is 12.1 Å². The molecule has 2 aliphatic heterocycles. The van der Waals surface area contributed by atoms with Crippen LogP contribution in [0.2, 0.25) is 0 Å². The number of likely N-dealkylation sites (tertiary alicyclic amines) is 1. The number of halogens is 3. The fourth-order valence-corrected chi connectivity index (χ4v) is 4.21. The van der Waals surface area contributed by atoms with E-state index < -0.39 is 12.1 Å². The van der Waals surface area contributed by atoms with Crippen molar-refractivity contribution in [3.05, 3.63) is 22.4 Å². The number of carbonyl (C=O) groups is 2. The van der Waals surface area contributed by atoms with Gasteiger partial charge in [0.05, 0.1) is 18.3 Å². The van der Waals surface area contributed by atoms with E-state index in [0.29, 0.717) is 6.61 Å². The van der Waals surface area contributed by atoms with Crippen molar-refractivity contribution in [2.24, 2.45) is 0 Å². The molecular formula is C19H27F3N2O5S. The smallest absolute Gasteiger partial charge is 0.475 e. The lowest BCUT2D eigenvalue weighted by Crippen LogP contribution is -2.47. The summed E-state index contributed by atoms with van der Waals surface area (Å²) in [6.07, 6.45) is -1.89. The van der Waals surface area contributed by atoms with Crippen LogP contribution in [0.1, 0.15) is 24.1 Å². The first-order valence-corrected chi connectivity index (χ1v) is 10.4. The number of alkyl halides is 3. The number of likely N-dealkylation sites (N-methyl/N-ethyl adjacent to an activating group) is 1. The molecule has 1 aromatic heterocycles. The third-order valence-electron chi connectivity index (χ3n) is 4.94. The number of carboxylic acids is 1. The van der Waals surface area contributed by atoms with Crippen LogP contribution in [0.3, 0.4) is 0 Å². The molecule has 1 spiro atoms. The van der Waals surface area contributed by atoms with E-state index in [1.807, 2.05) is 11.3 Å². The Kier molecular flexibility index (Phi) is 8.65. The van der Waals surface area contributed by atoms with Crippen molar-refractivity contribution in [3.8, 4) is 0 Å². The van der Waals surface area contributed by atoms with Crippen LogP contribution in [0.4, 0.5) is 13.2 Å². The van der Waals surface area contributed by atoms with E-state index in [1.165, 1.54) is 4.88 Å². The minimum Gasteiger partial charge on any atom is -0.475 e. The number of rotatable bonds is 5. The summed E-state index contributed by atoms with van der Waals surface area (Å²) in [6.45, 7) is 3.86. The van der Waals surface area contributed by atoms with Crippen LogP contribution < -0.4 is 0 Å². The Bertz CT molecular complexity index is 699. The maximum atomic E-state index is 11.7. The van der Waals surface area contributed by atoms with Crippen LogP contribution in [0.25, 0.3) is 0 Å². The SMILES string of the molecule is CN(C)C(=O)CO[C@H]1CO[C@@]2(CCCN(Cc3cccs3)C2)C1.O=C(O)C(F)(F)F. The van der Waals surface area contributed by atoms with Crippen LogP contribution in [0.15, 0.2) is 17.5 Å². The van der Waals surface area contributed by atoms with Crippen molar-refractivity contribution in [1.29, 1.82) is 0 Å². The van der Waals surface area contributed by atoms with Gasteiger partial charge in [-0.1, -0.05) is 6.07 Å². The molecule has 0 aliphatic carbocycles. The van der Waals surface area contributed by atoms with E-state index in [-0.39, 0.29) is 24.2 Å². The molecule has 11 heteroatoms. The van der Waals surface area contributed by atoms with E-state index in [0.717, 1.165) is 38.9 Å². The van der Waals surface area contributed by atoms with Gasteiger partial charge in [-0.2, -0.15) is 13.2 Å². The first-order chi connectivity index (χ1) is 14.0. The second-order valence-corrected chi connectivity index (χ2v) is 8.65. The first kappa shape index (κ1) is 24.6. The summed E-state index contributed by atoms with van der Waals surface area (Å²) in [4.78, 5) is 26.0. The summed E-state index contributed by atoms with van der Waals surface area (Å²) in [5.41, 5.74) is -0.0820. The fourth-order valence-electron chi connectivity index (χ4n) is 3.46. The summed E-state index contributed by atoms with van der Waals surface area (Å²) >= 11 is 1.81. The second-order valence-electron chi connectivity index (χ2n) is 7.62. The summed E-state index contributed by atoms with van der Waals surface area (Å²) in [5, 5.41) is 9.26. The zero-order valence-corrected chi connectivity index (χ0v) is 17.8. The lowest BCUT2D eigenvalue weighted by atomic mass is 9.89. The molecule has 1 N–H and O–H groups in total. The molecule has 0 radical (unpaired) electrons. The Balaban J connectivity index is 0.000000396. The van der Waals surface area contributed by atoms with E-state index in [1.54, 1.807) is 19.0 Å². The third-order valence-corrected chi connectivity index (χ3v) is 5.80. The molecule has 2 saturated heterocycles. The van der Waals surface area contributed by atoms with Crippen molar-refractivity contribution in [2.75, 3.05) is 40.4 Å². The number of hydrogen-bond acceptors (Lipinski definition) is 6. The van der Waals surface area contributed by atoms with Crippen LogP contribution in [-0.2, 0) is 25.6 Å². The van der Waals surface area contributed by atoms with E-state index in [2.05, 4.69) is 22.4 Å². The Hall–Kier alpha value is -1.69. The van der Waals surface area contributed by atoms with Gasteiger partial charge in [0.1, 0.15) is 6.61 Å². The lowest BCUT2D eigenvalue weighted by Gasteiger charge is -2.39. The first-order valence-electron chi connectivity index (χ1n) is 9.51. The van der Waals surface area contributed by atoms with Crippen molar-refractivity contribution in [2.45, 2.75) is 43.7 Å². The molecular weight excluding hydrogens is 425 g/mol. The molecule has 3 heterocycles. The highest BCUT2D eigenvalue weighted by Gasteiger charge is 2.44. The number of nitrogens with zero attached hydrogens (tertiary/aromatic N) is 2. The molecule has 30 heavy (non-hydrogen) atoms. The van der Waals surface area contributed by atoms with E-state index in [9.17, 15) is 18.0 Å². The summed E-state index contributed by atoms with van der Waals surface area (Å²) in [7, 11) is 3.50. The molecule has 2 atom stereocenters. The summed E-state index contributed by atoms with van der Waals surface area (Å²) in [5.74, 6) is -2.75. The summed E-state index contributed by atoms with van der Waals surface area (Å²) in [6, 6.07) is 4.30.